The van der Waals surface area contributed by atoms with Gasteiger partial charge in [0.15, 0.2) is 0 Å². The van der Waals surface area contributed by atoms with Crippen molar-refractivity contribution in [1.29, 1.82) is 0 Å². The smallest absolute Gasteiger partial charge is 0.222 e. The molecule has 20 heavy (non-hydrogen) atoms. The van der Waals surface area contributed by atoms with Gasteiger partial charge in [0, 0.05) is 45.6 Å². The number of nitrogens with two attached hydrogens (primary N) is 1. The zero-order valence-electron chi connectivity index (χ0n) is 12.5. The lowest BCUT2D eigenvalue weighted by atomic mass is 10.2. The van der Waals surface area contributed by atoms with Crippen LogP contribution in [0.5, 0.6) is 0 Å². The van der Waals surface area contributed by atoms with Crippen LogP contribution < -0.4 is 5.73 Å². The summed E-state index contributed by atoms with van der Waals surface area (Å²) in [5.41, 5.74) is 5.55. The molecular weight excluding hydrogens is 274 g/mol. The zero-order chi connectivity index (χ0) is 14.8. The van der Waals surface area contributed by atoms with Gasteiger partial charge in [-0.3, -0.25) is 9.69 Å². The first-order valence-electron chi connectivity index (χ1n) is 7.49. The standard InChI is InChI=1S/C14H27N3O2S/c1-2-3-4-14(18)17(6-5-13(15)20)8-7-16-9-11-19-12-10-16/h2-12H2,1H3,(H2,15,20). The van der Waals surface area contributed by atoms with Crippen LogP contribution in [0.2, 0.25) is 0 Å². The van der Waals surface area contributed by atoms with Crippen LogP contribution in [0.4, 0.5) is 0 Å². The average molecular weight is 301 g/mol. The largest absolute Gasteiger partial charge is 0.393 e. The third kappa shape index (κ3) is 7.17. The van der Waals surface area contributed by atoms with Crippen LogP contribution in [0.1, 0.15) is 32.6 Å². The van der Waals surface area contributed by atoms with Gasteiger partial charge in [0.2, 0.25) is 5.91 Å². The Morgan fingerprint density at radius 2 is 2.00 bits per heavy atom. The molecule has 1 fully saturated rings. The molecule has 1 aliphatic heterocycles. The fourth-order valence-corrected chi connectivity index (χ4v) is 2.27. The van der Waals surface area contributed by atoms with E-state index >= 15 is 0 Å². The molecule has 0 aromatic heterocycles. The second kappa shape index (κ2) is 10.1. The van der Waals surface area contributed by atoms with E-state index in [1.54, 1.807) is 0 Å². The molecule has 0 bridgehead atoms. The van der Waals surface area contributed by atoms with E-state index in [4.69, 9.17) is 22.7 Å². The molecule has 0 aliphatic carbocycles. The number of morpholine rings is 1. The van der Waals surface area contributed by atoms with Gasteiger partial charge in [-0.2, -0.15) is 0 Å². The van der Waals surface area contributed by atoms with Crippen molar-refractivity contribution in [3.63, 3.8) is 0 Å². The summed E-state index contributed by atoms with van der Waals surface area (Å²) in [4.78, 5) is 16.9. The maximum atomic E-state index is 12.2. The summed E-state index contributed by atoms with van der Waals surface area (Å²) in [6, 6.07) is 0. The van der Waals surface area contributed by atoms with Crippen LogP contribution in [0, 0.1) is 0 Å². The lowest BCUT2D eigenvalue weighted by Crippen LogP contribution is -2.43. The number of carbonyl (C=O) groups is 1. The van der Waals surface area contributed by atoms with E-state index < -0.39 is 0 Å². The summed E-state index contributed by atoms with van der Waals surface area (Å²) in [5.74, 6) is 0.219. The molecule has 0 radical (unpaired) electrons. The van der Waals surface area contributed by atoms with Gasteiger partial charge in [0.25, 0.3) is 0 Å². The normalized spacial score (nSPS) is 16.1. The third-order valence-corrected chi connectivity index (χ3v) is 3.72. The molecular formula is C14H27N3O2S. The molecule has 1 aliphatic rings. The molecule has 0 aromatic carbocycles. The van der Waals surface area contributed by atoms with Crippen LogP contribution in [0.3, 0.4) is 0 Å². The van der Waals surface area contributed by atoms with Crippen molar-refractivity contribution in [2.45, 2.75) is 32.6 Å². The zero-order valence-corrected chi connectivity index (χ0v) is 13.3. The highest BCUT2D eigenvalue weighted by molar-refractivity contribution is 7.80. The summed E-state index contributed by atoms with van der Waals surface area (Å²) < 4.78 is 5.33. The second-order valence-electron chi connectivity index (χ2n) is 5.15. The Bertz CT molecular complexity index is 307. The Morgan fingerprint density at radius 3 is 2.60 bits per heavy atom. The van der Waals surface area contributed by atoms with Crippen LogP contribution in [-0.2, 0) is 9.53 Å². The van der Waals surface area contributed by atoms with E-state index in [9.17, 15) is 4.79 Å². The van der Waals surface area contributed by atoms with E-state index in [1.807, 2.05) is 4.90 Å². The highest BCUT2D eigenvalue weighted by atomic mass is 32.1. The van der Waals surface area contributed by atoms with Crippen LogP contribution >= 0.6 is 12.2 Å². The number of nitrogens with zero attached hydrogens (tertiary/aromatic N) is 2. The van der Waals surface area contributed by atoms with Crippen molar-refractivity contribution in [2.75, 3.05) is 45.9 Å². The van der Waals surface area contributed by atoms with Crippen molar-refractivity contribution in [3.8, 4) is 0 Å². The second-order valence-corrected chi connectivity index (χ2v) is 5.68. The molecule has 0 aromatic rings. The summed E-state index contributed by atoms with van der Waals surface area (Å²) in [6.07, 6.45) is 3.21. The summed E-state index contributed by atoms with van der Waals surface area (Å²) in [5, 5.41) is 0. The van der Waals surface area contributed by atoms with Gasteiger partial charge in [-0.15, -0.1) is 0 Å². The molecule has 0 atom stereocenters. The molecule has 1 amide bonds. The SMILES string of the molecule is CCCCC(=O)N(CCC(N)=S)CCN1CCOCC1. The number of rotatable bonds is 9. The molecule has 5 nitrogen and oxygen atoms in total. The first kappa shape index (κ1) is 17.3. The molecule has 2 N–H and O–H groups in total. The van der Waals surface area contributed by atoms with E-state index in [2.05, 4.69) is 11.8 Å². The fourth-order valence-electron chi connectivity index (χ4n) is 2.18. The van der Waals surface area contributed by atoms with E-state index in [-0.39, 0.29) is 5.91 Å². The van der Waals surface area contributed by atoms with Crippen molar-refractivity contribution in [1.82, 2.24) is 9.80 Å². The lowest BCUT2D eigenvalue weighted by Gasteiger charge is -2.30. The van der Waals surface area contributed by atoms with Gasteiger partial charge in [-0.05, 0) is 6.42 Å². The quantitative estimate of drug-likeness (QED) is 0.644. The minimum Gasteiger partial charge on any atom is -0.393 e. The predicted octanol–water partition coefficient (Wildman–Crippen LogP) is 1.01. The number of hydrogen-bond donors (Lipinski definition) is 1. The average Bonchev–Trinajstić information content (AvgIpc) is 2.45. The minimum atomic E-state index is 0.219. The van der Waals surface area contributed by atoms with Gasteiger partial charge in [-0.25, -0.2) is 0 Å². The molecule has 0 unspecified atom stereocenters. The Labute approximate surface area is 127 Å². The first-order valence-corrected chi connectivity index (χ1v) is 7.90. The fraction of sp³-hybridized carbons (Fsp3) is 0.857. The van der Waals surface area contributed by atoms with Crippen molar-refractivity contribution in [2.24, 2.45) is 5.73 Å². The third-order valence-electron chi connectivity index (χ3n) is 3.51. The molecule has 1 heterocycles. The van der Waals surface area contributed by atoms with Crippen LogP contribution in [0.15, 0.2) is 0 Å². The van der Waals surface area contributed by atoms with Gasteiger partial charge >= 0.3 is 0 Å². The van der Waals surface area contributed by atoms with Crippen molar-refractivity contribution < 1.29 is 9.53 Å². The van der Waals surface area contributed by atoms with Crippen LogP contribution in [0.25, 0.3) is 0 Å². The summed E-state index contributed by atoms with van der Waals surface area (Å²) in [6.45, 7) is 7.87. The van der Waals surface area contributed by atoms with Gasteiger partial charge in [-0.1, -0.05) is 25.6 Å². The molecule has 1 saturated heterocycles. The molecule has 116 valence electrons. The Balaban J connectivity index is 2.38. The lowest BCUT2D eigenvalue weighted by molar-refractivity contribution is -0.131. The number of hydrogen-bond acceptors (Lipinski definition) is 4. The van der Waals surface area contributed by atoms with Crippen LogP contribution in [-0.4, -0.2) is 66.6 Å². The van der Waals surface area contributed by atoms with Crippen molar-refractivity contribution in [3.05, 3.63) is 0 Å². The topological polar surface area (TPSA) is 58.8 Å². The summed E-state index contributed by atoms with van der Waals surface area (Å²) >= 11 is 4.91. The number of amides is 1. The number of ether oxygens (including phenoxy) is 1. The maximum absolute atomic E-state index is 12.2. The maximum Gasteiger partial charge on any atom is 0.222 e. The Kier molecular flexibility index (Phi) is 8.73. The predicted molar refractivity (Wildman–Crippen MR) is 84.8 cm³/mol. The van der Waals surface area contributed by atoms with E-state index in [0.717, 1.165) is 52.2 Å². The van der Waals surface area contributed by atoms with E-state index in [0.29, 0.717) is 24.4 Å². The Hall–Kier alpha value is -0.720. The van der Waals surface area contributed by atoms with Gasteiger partial charge in [0.05, 0.1) is 18.2 Å². The molecule has 0 saturated carbocycles. The van der Waals surface area contributed by atoms with Gasteiger partial charge in [0.1, 0.15) is 0 Å². The van der Waals surface area contributed by atoms with Crippen molar-refractivity contribution >= 4 is 23.1 Å². The first-order chi connectivity index (χ1) is 9.63. The van der Waals surface area contributed by atoms with Gasteiger partial charge < -0.3 is 15.4 Å². The van der Waals surface area contributed by atoms with E-state index in [1.165, 1.54) is 0 Å². The number of unbranched alkanes of at least 4 members (excludes halogenated alkanes) is 1. The number of carbonyl (C=O) groups excluding carboxylic acids is 1. The summed E-state index contributed by atoms with van der Waals surface area (Å²) in [7, 11) is 0. The molecule has 0 spiro atoms. The monoisotopic (exact) mass is 301 g/mol. The highest BCUT2D eigenvalue weighted by Crippen LogP contribution is 2.04. The Morgan fingerprint density at radius 1 is 1.30 bits per heavy atom. The minimum absolute atomic E-state index is 0.219. The number of thiocarbonyl (C=S) groups is 1. The molecule has 6 heteroatoms. The highest BCUT2D eigenvalue weighted by Gasteiger charge is 2.16. The molecule has 1 rings (SSSR count).